The molecule has 2 heterocycles. The van der Waals surface area contributed by atoms with Gasteiger partial charge in [0.2, 0.25) is 0 Å². The van der Waals surface area contributed by atoms with Crippen LogP contribution in [0.25, 0.3) is 10.6 Å². The van der Waals surface area contributed by atoms with Gasteiger partial charge in [0.05, 0.1) is 5.56 Å². The lowest BCUT2D eigenvalue weighted by Crippen LogP contribution is -2.23. The van der Waals surface area contributed by atoms with Crippen LogP contribution in [0.2, 0.25) is 0 Å². The van der Waals surface area contributed by atoms with Gasteiger partial charge in [0.15, 0.2) is 0 Å². The zero-order valence-electron chi connectivity index (χ0n) is 17.5. The molecule has 0 unspecified atom stereocenters. The van der Waals surface area contributed by atoms with Gasteiger partial charge >= 0.3 is 6.18 Å². The maximum Gasteiger partial charge on any atom is 0.416 e. The number of pyridine rings is 1. The molecule has 4 aromatic rings. The lowest BCUT2D eigenvalue weighted by atomic mass is 10.1. The van der Waals surface area contributed by atoms with E-state index in [9.17, 15) is 22.4 Å². The van der Waals surface area contributed by atoms with Crippen molar-refractivity contribution < 1.29 is 27.1 Å². The number of rotatable bonds is 7. The Balaban J connectivity index is 1.40. The summed E-state index contributed by atoms with van der Waals surface area (Å²) in [6.07, 6.45) is -1.18. The molecule has 1 N–H and O–H groups in total. The van der Waals surface area contributed by atoms with Crippen molar-refractivity contribution in [1.82, 2.24) is 15.3 Å². The summed E-state index contributed by atoms with van der Waals surface area (Å²) >= 11 is 1.12. The van der Waals surface area contributed by atoms with Crippen molar-refractivity contribution in [3.8, 4) is 16.3 Å². The van der Waals surface area contributed by atoms with Crippen LogP contribution in [0.5, 0.6) is 5.75 Å². The number of nitrogens with one attached hydrogen (secondary N) is 1. The van der Waals surface area contributed by atoms with Crippen molar-refractivity contribution in [1.29, 1.82) is 0 Å². The van der Waals surface area contributed by atoms with Gasteiger partial charge < -0.3 is 10.1 Å². The standard InChI is InChI=1S/C24H17F4N3O2S/c25-20-10-18(33-13-15-3-1-5-17(9-15)24(26,27)28)6-7-19(20)23-31-21(14-34-23)22(32)30-12-16-4-2-8-29-11-16/h1-11,14H,12-13H2,(H,30,32). The third-order valence-corrected chi connectivity index (χ3v) is 5.62. The Bertz CT molecular complexity index is 1290. The minimum absolute atomic E-state index is 0.152. The number of benzene rings is 2. The van der Waals surface area contributed by atoms with Crippen molar-refractivity contribution in [3.63, 3.8) is 0 Å². The summed E-state index contributed by atoms with van der Waals surface area (Å²) in [6.45, 7) is 0.132. The van der Waals surface area contributed by atoms with E-state index in [0.29, 0.717) is 10.6 Å². The lowest BCUT2D eigenvalue weighted by Gasteiger charge is -2.10. The second-order valence-corrected chi connectivity index (χ2v) is 8.07. The number of ether oxygens (including phenoxy) is 1. The van der Waals surface area contributed by atoms with Gasteiger partial charge in [-0.3, -0.25) is 9.78 Å². The monoisotopic (exact) mass is 487 g/mol. The van der Waals surface area contributed by atoms with E-state index >= 15 is 0 Å². The van der Waals surface area contributed by atoms with Gasteiger partial charge in [-0.1, -0.05) is 18.2 Å². The van der Waals surface area contributed by atoms with Gasteiger partial charge in [-0.15, -0.1) is 11.3 Å². The van der Waals surface area contributed by atoms with E-state index in [0.717, 1.165) is 35.1 Å². The number of nitrogens with zero attached hydrogens (tertiary/aromatic N) is 2. The van der Waals surface area contributed by atoms with Crippen LogP contribution in [-0.2, 0) is 19.3 Å². The molecule has 5 nitrogen and oxygen atoms in total. The Morgan fingerprint density at radius 3 is 2.62 bits per heavy atom. The van der Waals surface area contributed by atoms with Gasteiger partial charge in [-0.05, 0) is 41.5 Å². The Morgan fingerprint density at radius 1 is 1.06 bits per heavy atom. The van der Waals surface area contributed by atoms with Gasteiger partial charge in [0, 0.05) is 35.9 Å². The molecule has 34 heavy (non-hydrogen) atoms. The zero-order chi connectivity index (χ0) is 24.1. The third-order valence-electron chi connectivity index (χ3n) is 4.74. The summed E-state index contributed by atoms with van der Waals surface area (Å²) < 4.78 is 58.7. The first-order valence-corrected chi connectivity index (χ1v) is 10.9. The van der Waals surface area contributed by atoms with Crippen LogP contribution in [0, 0.1) is 5.82 Å². The Morgan fingerprint density at radius 2 is 1.88 bits per heavy atom. The van der Waals surface area contributed by atoms with E-state index in [2.05, 4.69) is 15.3 Å². The van der Waals surface area contributed by atoms with Gasteiger partial charge in [0.25, 0.3) is 5.91 Å². The normalized spacial score (nSPS) is 11.3. The summed E-state index contributed by atoms with van der Waals surface area (Å²) in [5.74, 6) is -0.865. The first-order chi connectivity index (χ1) is 16.3. The Kier molecular flexibility index (Phi) is 6.87. The van der Waals surface area contributed by atoms with Crippen LogP contribution in [-0.4, -0.2) is 15.9 Å². The molecular weight excluding hydrogens is 470 g/mol. The van der Waals surface area contributed by atoms with Gasteiger partial charge in [-0.2, -0.15) is 13.2 Å². The lowest BCUT2D eigenvalue weighted by molar-refractivity contribution is -0.137. The minimum atomic E-state index is -4.45. The molecule has 0 saturated heterocycles. The Labute approximate surface area is 196 Å². The van der Waals surface area contributed by atoms with Crippen LogP contribution in [0.1, 0.15) is 27.2 Å². The quantitative estimate of drug-likeness (QED) is 0.331. The van der Waals surface area contributed by atoms with Gasteiger partial charge in [0.1, 0.15) is 28.9 Å². The third kappa shape index (κ3) is 5.76. The summed E-state index contributed by atoms with van der Waals surface area (Å²) in [5, 5.41) is 4.58. The molecule has 1 amide bonds. The van der Waals surface area contributed by atoms with Crippen molar-refractivity contribution in [3.05, 3.63) is 101 Å². The molecule has 0 radical (unpaired) electrons. The molecular formula is C24H17F4N3O2S. The first-order valence-electron chi connectivity index (χ1n) is 10.0. The molecule has 0 spiro atoms. The number of carbonyl (C=O) groups is 1. The highest BCUT2D eigenvalue weighted by Crippen LogP contribution is 2.31. The van der Waals surface area contributed by atoms with Crippen LogP contribution < -0.4 is 10.1 Å². The highest BCUT2D eigenvalue weighted by atomic mass is 32.1. The largest absolute Gasteiger partial charge is 0.489 e. The number of halogens is 4. The number of aromatic nitrogens is 2. The van der Waals surface area contributed by atoms with E-state index < -0.39 is 23.5 Å². The fraction of sp³-hybridized carbons (Fsp3) is 0.125. The highest BCUT2D eigenvalue weighted by Gasteiger charge is 2.30. The summed E-state index contributed by atoms with van der Waals surface area (Å²) in [6, 6.07) is 12.4. The number of hydrogen-bond donors (Lipinski definition) is 1. The highest BCUT2D eigenvalue weighted by molar-refractivity contribution is 7.13. The fourth-order valence-corrected chi connectivity index (χ4v) is 3.87. The summed E-state index contributed by atoms with van der Waals surface area (Å²) in [7, 11) is 0. The first kappa shape index (κ1) is 23.4. The molecule has 0 saturated carbocycles. The van der Waals surface area contributed by atoms with Gasteiger partial charge in [-0.25, -0.2) is 9.37 Å². The van der Waals surface area contributed by atoms with Crippen molar-refractivity contribution >= 4 is 17.2 Å². The topological polar surface area (TPSA) is 64.1 Å². The molecule has 0 bridgehead atoms. The molecule has 0 atom stereocenters. The second kappa shape index (κ2) is 10.0. The maximum absolute atomic E-state index is 14.7. The van der Waals surface area contributed by atoms with Crippen LogP contribution >= 0.6 is 11.3 Å². The molecule has 10 heteroatoms. The SMILES string of the molecule is O=C(NCc1cccnc1)c1csc(-c2ccc(OCc3cccc(C(F)(F)F)c3)cc2F)n1. The van der Waals surface area contributed by atoms with Crippen LogP contribution in [0.3, 0.4) is 0 Å². The smallest absolute Gasteiger partial charge is 0.416 e. The van der Waals surface area contributed by atoms with E-state index in [1.807, 2.05) is 6.07 Å². The average Bonchev–Trinajstić information content (AvgIpc) is 3.32. The number of hydrogen-bond acceptors (Lipinski definition) is 5. The molecule has 0 aliphatic heterocycles. The number of amides is 1. The molecule has 0 aliphatic rings. The predicted molar refractivity (Wildman–Crippen MR) is 119 cm³/mol. The minimum Gasteiger partial charge on any atom is -0.489 e. The Hall–Kier alpha value is -3.79. The van der Waals surface area contributed by atoms with E-state index in [-0.39, 0.29) is 30.2 Å². The predicted octanol–water partition coefficient (Wildman–Crippen LogP) is 5.87. The summed E-state index contributed by atoms with van der Waals surface area (Å²) in [4.78, 5) is 20.5. The molecule has 4 rings (SSSR count). The van der Waals surface area contributed by atoms with E-state index in [1.54, 1.807) is 18.5 Å². The second-order valence-electron chi connectivity index (χ2n) is 7.21. The van der Waals surface area contributed by atoms with Crippen molar-refractivity contribution in [2.24, 2.45) is 0 Å². The number of alkyl halides is 3. The van der Waals surface area contributed by atoms with Crippen LogP contribution in [0.15, 0.2) is 72.4 Å². The number of carbonyl (C=O) groups excluding carboxylic acids is 1. The molecule has 174 valence electrons. The van der Waals surface area contributed by atoms with E-state index in [4.69, 9.17) is 4.74 Å². The molecule has 0 aliphatic carbocycles. The van der Waals surface area contributed by atoms with Crippen LogP contribution in [0.4, 0.5) is 17.6 Å². The zero-order valence-corrected chi connectivity index (χ0v) is 18.3. The average molecular weight is 487 g/mol. The number of thiazole rings is 1. The maximum atomic E-state index is 14.7. The summed E-state index contributed by atoms with van der Waals surface area (Å²) in [5.41, 5.74) is 0.703. The molecule has 0 fully saturated rings. The molecule has 2 aromatic heterocycles. The fourth-order valence-electron chi connectivity index (χ4n) is 3.04. The van der Waals surface area contributed by atoms with Crippen molar-refractivity contribution in [2.45, 2.75) is 19.3 Å². The van der Waals surface area contributed by atoms with E-state index in [1.165, 1.54) is 29.6 Å². The molecule has 2 aromatic carbocycles. The van der Waals surface area contributed by atoms with Crippen molar-refractivity contribution in [2.75, 3.05) is 0 Å².